The molecule has 0 aliphatic carbocycles. The van der Waals surface area contributed by atoms with Gasteiger partial charge in [0.05, 0.1) is 13.2 Å². The number of carbonyl (C=O) groups is 1. The van der Waals surface area contributed by atoms with Crippen LogP contribution in [0.5, 0.6) is 0 Å². The molecule has 2 unspecified atom stereocenters. The first-order chi connectivity index (χ1) is 11.1. The molecule has 2 atom stereocenters. The Kier molecular flexibility index (Phi) is 5.11. The number of nitrogens with zero attached hydrogens (tertiary/aromatic N) is 4. The van der Waals surface area contributed by atoms with Crippen molar-refractivity contribution >= 4 is 17.8 Å². The fourth-order valence-corrected chi connectivity index (χ4v) is 4.34. The van der Waals surface area contributed by atoms with Gasteiger partial charge in [-0.2, -0.15) is 11.8 Å². The molecule has 8 heteroatoms. The molecule has 128 valence electrons. The maximum absolute atomic E-state index is 12.5. The summed E-state index contributed by atoms with van der Waals surface area (Å²) in [5.41, 5.74) is 0. The molecule has 0 radical (unpaired) electrons. The number of hydrogen-bond donors (Lipinski definition) is 1. The first-order valence-electron chi connectivity index (χ1n) is 8.27. The average molecular weight is 339 g/mol. The Hall–Kier alpha value is -1.28. The molecule has 23 heavy (non-hydrogen) atoms. The van der Waals surface area contributed by atoms with Gasteiger partial charge in [0.15, 0.2) is 5.82 Å². The van der Waals surface area contributed by atoms with Crippen molar-refractivity contribution in [3.8, 4) is 0 Å². The van der Waals surface area contributed by atoms with Gasteiger partial charge in [0, 0.05) is 24.4 Å². The monoisotopic (exact) mass is 339 g/mol. The first kappa shape index (κ1) is 16.6. The third kappa shape index (κ3) is 3.80. The van der Waals surface area contributed by atoms with E-state index in [-0.39, 0.29) is 16.9 Å². The predicted octanol–water partition coefficient (Wildman–Crippen LogP) is 1.67. The maximum atomic E-state index is 12.5. The molecule has 0 bridgehead atoms. The third-order valence-electron chi connectivity index (χ3n) is 4.54. The normalized spacial score (nSPS) is 28.1. The second-order valence-corrected chi connectivity index (χ2v) is 8.02. The Morgan fingerprint density at radius 1 is 1.61 bits per heavy atom. The lowest BCUT2D eigenvalue weighted by Crippen LogP contribution is -2.49. The fourth-order valence-electron chi connectivity index (χ4n) is 3.10. The van der Waals surface area contributed by atoms with Crippen LogP contribution in [0.4, 0.5) is 4.79 Å². The number of aromatic nitrogens is 3. The second kappa shape index (κ2) is 7.09. The van der Waals surface area contributed by atoms with Gasteiger partial charge in [0.2, 0.25) is 0 Å². The number of aryl methyl sites for hydroxylation is 1. The summed E-state index contributed by atoms with van der Waals surface area (Å²) in [5.74, 6) is 1.99. The van der Waals surface area contributed by atoms with Gasteiger partial charge in [-0.3, -0.25) is 0 Å². The SMILES string of the molecule is CCn1cnnc1C1CN(C(=O)NCC2(C)CCCS2)CCO1. The summed E-state index contributed by atoms with van der Waals surface area (Å²) in [7, 11) is 0. The van der Waals surface area contributed by atoms with Gasteiger partial charge in [-0.25, -0.2) is 4.79 Å². The first-order valence-corrected chi connectivity index (χ1v) is 9.26. The van der Waals surface area contributed by atoms with Gasteiger partial charge < -0.3 is 19.5 Å². The number of thioether (sulfide) groups is 1. The van der Waals surface area contributed by atoms with E-state index in [1.807, 2.05) is 28.2 Å². The van der Waals surface area contributed by atoms with Gasteiger partial charge in [-0.05, 0) is 32.4 Å². The number of nitrogens with one attached hydrogen (secondary N) is 1. The Bertz CT molecular complexity index is 544. The smallest absolute Gasteiger partial charge is 0.317 e. The zero-order valence-electron chi connectivity index (χ0n) is 13.8. The zero-order valence-corrected chi connectivity index (χ0v) is 14.6. The molecule has 2 aliphatic rings. The van der Waals surface area contributed by atoms with Crippen LogP contribution in [0.25, 0.3) is 0 Å². The van der Waals surface area contributed by atoms with Crippen molar-refractivity contribution in [2.75, 3.05) is 32.0 Å². The molecule has 0 aromatic carbocycles. The van der Waals surface area contributed by atoms with Crippen LogP contribution in [-0.4, -0.2) is 62.4 Å². The van der Waals surface area contributed by atoms with Crippen LogP contribution in [-0.2, 0) is 11.3 Å². The second-order valence-electron chi connectivity index (χ2n) is 6.34. The molecule has 2 saturated heterocycles. The molecule has 2 fully saturated rings. The van der Waals surface area contributed by atoms with E-state index < -0.39 is 0 Å². The van der Waals surface area contributed by atoms with Crippen LogP contribution in [0.2, 0.25) is 0 Å². The quantitative estimate of drug-likeness (QED) is 0.903. The van der Waals surface area contributed by atoms with Crippen molar-refractivity contribution in [3.63, 3.8) is 0 Å². The Morgan fingerprint density at radius 3 is 3.22 bits per heavy atom. The summed E-state index contributed by atoms with van der Waals surface area (Å²) in [5, 5.41) is 11.2. The van der Waals surface area contributed by atoms with Crippen molar-refractivity contribution in [1.82, 2.24) is 25.0 Å². The number of amides is 2. The lowest BCUT2D eigenvalue weighted by atomic mass is 10.1. The summed E-state index contributed by atoms with van der Waals surface area (Å²) in [4.78, 5) is 14.3. The molecule has 3 rings (SSSR count). The highest BCUT2D eigenvalue weighted by atomic mass is 32.2. The van der Waals surface area contributed by atoms with E-state index in [1.165, 1.54) is 18.6 Å². The number of carbonyl (C=O) groups excluding carboxylic acids is 1. The van der Waals surface area contributed by atoms with E-state index in [0.29, 0.717) is 19.7 Å². The van der Waals surface area contributed by atoms with E-state index in [2.05, 4.69) is 22.4 Å². The molecule has 2 aliphatic heterocycles. The van der Waals surface area contributed by atoms with Crippen molar-refractivity contribution in [3.05, 3.63) is 12.2 Å². The van der Waals surface area contributed by atoms with Gasteiger partial charge in [-0.15, -0.1) is 10.2 Å². The minimum absolute atomic E-state index is 0.00501. The molecule has 1 aromatic heterocycles. The van der Waals surface area contributed by atoms with E-state index in [0.717, 1.165) is 18.9 Å². The van der Waals surface area contributed by atoms with Gasteiger partial charge in [-0.1, -0.05) is 0 Å². The minimum Gasteiger partial charge on any atom is -0.366 e. The molecular formula is C15H25N5O2S. The molecule has 7 nitrogen and oxygen atoms in total. The zero-order chi connectivity index (χ0) is 16.3. The standard InChI is InChI=1S/C15H25N5O2S/c1-3-19-11-17-18-13(19)12-9-20(6-7-22-12)14(21)16-10-15(2)5-4-8-23-15/h11-12H,3-10H2,1-2H3,(H,16,21). The van der Waals surface area contributed by atoms with Gasteiger partial charge in [0.25, 0.3) is 0 Å². The van der Waals surface area contributed by atoms with Crippen LogP contribution >= 0.6 is 11.8 Å². The number of hydrogen-bond acceptors (Lipinski definition) is 5. The summed E-state index contributed by atoms with van der Waals surface area (Å²) < 4.78 is 7.94. The van der Waals surface area contributed by atoms with Crippen LogP contribution < -0.4 is 5.32 Å². The average Bonchev–Trinajstić information content (AvgIpc) is 3.22. The number of urea groups is 1. The number of ether oxygens (including phenoxy) is 1. The molecule has 0 spiro atoms. The van der Waals surface area contributed by atoms with Crippen LogP contribution in [0.15, 0.2) is 6.33 Å². The highest BCUT2D eigenvalue weighted by molar-refractivity contribution is 8.00. The van der Waals surface area contributed by atoms with Crippen molar-refractivity contribution in [2.45, 2.75) is 44.1 Å². The minimum atomic E-state index is -0.201. The van der Waals surface area contributed by atoms with Crippen molar-refractivity contribution in [2.24, 2.45) is 0 Å². The molecular weight excluding hydrogens is 314 g/mol. The largest absolute Gasteiger partial charge is 0.366 e. The van der Waals surface area contributed by atoms with E-state index in [4.69, 9.17) is 4.74 Å². The lowest BCUT2D eigenvalue weighted by molar-refractivity contribution is -0.0218. The van der Waals surface area contributed by atoms with Crippen molar-refractivity contribution in [1.29, 1.82) is 0 Å². The summed E-state index contributed by atoms with van der Waals surface area (Å²) >= 11 is 1.96. The van der Waals surface area contributed by atoms with Crippen LogP contribution in [0.1, 0.15) is 38.6 Å². The molecule has 1 N–H and O–H groups in total. The molecule has 1 aromatic rings. The maximum Gasteiger partial charge on any atom is 0.317 e. The van der Waals surface area contributed by atoms with E-state index >= 15 is 0 Å². The van der Waals surface area contributed by atoms with Crippen LogP contribution in [0.3, 0.4) is 0 Å². The Morgan fingerprint density at radius 2 is 2.48 bits per heavy atom. The number of morpholine rings is 1. The number of rotatable bonds is 4. The summed E-state index contributed by atoms with van der Waals surface area (Å²) in [6.07, 6.45) is 3.91. The lowest BCUT2D eigenvalue weighted by Gasteiger charge is -2.33. The van der Waals surface area contributed by atoms with E-state index in [9.17, 15) is 4.79 Å². The Balaban J connectivity index is 1.56. The van der Waals surface area contributed by atoms with Crippen LogP contribution in [0, 0.1) is 0 Å². The molecule has 2 amide bonds. The fraction of sp³-hybridized carbons (Fsp3) is 0.800. The summed E-state index contributed by atoms with van der Waals surface area (Å²) in [6.45, 7) is 7.46. The van der Waals surface area contributed by atoms with Gasteiger partial charge >= 0.3 is 6.03 Å². The predicted molar refractivity (Wildman–Crippen MR) is 89.5 cm³/mol. The molecule has 3 heterocycles. The molecule has 0 saturated carbocycles. The van der Waals surface area contributed by atoms with Crippen molar-refractivity contribution < 1.29 is 9.53 Å². The Labute approximate surface area is 141 Å². The summed E-state index contributed by atoms with van der Waals surface area (Å²) in [6, 6.07) is -0.00501. The van der Waals surface area contributed by atoms with E-state index in [1.54, 1.807) is 6.33 Å². The highest BCUT2D eigenvalue weighted by Crippen LogP contribution is 2.37. The van der Waals surface area contributed by atoms with Gasteiger partial charge in [0.1, 0.15) is 12.4 Å². The highest BCUT2D eigenvalue weighted by Gasteiger charge is 2.32. The third-order valence-corrected chi connectivity index (χ3v) is 6.08. The topological polar surface area (TPSA) is 72.3 Å².